The van der Waals surface area contributed by atoms with Crippen LogP contribution in [0.4, 0.5) is 37.0 Å². The van der Waals surface area contributed by atoms with Crippen LogP contribution < -0.4 is 10.2 Å². The summed E-state index contributed by atoms with van der Waals surface area (Å²) < 4.78 is 109. The fourth-order valence-corrected chi connectivity index (χ4v) is 8.69. The second-order valence-electron chi connectivity index (χ2n) is 12.9. The van der Waals surface area contributed by atoms with Crippen molar-refractivity contribution in [1.29, 1.82) is 0 Å². The highest BCUT2D eigenvalue weighted by Crippen LogP contribution is 2.43. The molecule has 2 atom stereocenters. The number of quaternary nitrogens is 1. The number of alkyl halides is 5. The lowest BCUT2D eigenvalue weighted by molar-refractivity contribution is -0.738. The molecule has 0 aliphatic carbocycles. The molecule has 0 saturated carbocycles. The van der Waals surface area contributed by atoms with Crippen LogP contribution in [-0.2, 0) is 29.3 Å². The fraction of sp³-hybridized carbons (Fsp3) is 0.343. The van der Waals surface area contributed by atoms with E-state index in [-0.39, 0.29) is 6.54 Å². The van der Waals surface area contributed by atoms with Crippen LogP contribution >= 0.6 is 0 Å². The number of rotatable bonds is 8. The summed E-state index contributed by atoms with van der Waals surface area (Å²) >= 11 is 0. The largest absolute Gasteiger partial charge is 0.432 e. The predicted molar refractivity (Wildman–Crippen MR) is 176 cm³/mol. The van der Waals surface area contributed by atoms with Gasteiger partial charge in [0.2, 0.25) is 0 Å². The van der Waals surface area contributed by atoms with Crippen molar-refractivity contribution in [3.05, 3.63) is 108 Å². The Balaban J connectivity index is 1.29. The van der Waals surface area contributed by atoms with E-state index in [9.17, 15) is 39.6 Å². The molecule has 2 saturated heterocycles. The molecule has 1 N–H and O–H groups in total. The number of carbonyl (C=O) groups excluding carboxylic acids is 1. The average molecular weight is 734 g/mol. The third-order valence-electron chi connectivity index (χ3n) is 9.33. The summed E-state index contributed by atoms with van der Waals surface area (Å²) in [6.45, 7) is 2.81. The van der Waals surface area contributed by atoms with Crippen LogP contribution in [0.25, 0.3) is 11.3 Å². The van der Waals surface area contributed by atoms with Crippen molar-refractivity contribution in [1.82, 2.24) is 20.2 Å². The van der Waals surface area contributed by atoms with E-state index in [1.807, 2.05) is 17.0 Å². The zero-order valence-corrected chi connectivity index (χ0v) is 28.3. The minimum Gasteiger partial charge on any atom is -0.354 e. The molecule has 0 spiro atoms. The number of amides is 2. The van der Waals surface area contributed by atoms with Gasteiger partial charge in [-0.2, -0.15) is 21.6 Å². The van der Waals surface area contributed by atoms with Crippen LogP contribution in [0.15, 0.2) is 90.1 Å². The second kappa shape index (κ2) is 13.9. The third-order valence-corrected chi connectivity index (χ3v) is 11.7. The van der Waals surface area contributed by atoms with Gasteiger partial charge in [-0.25, -0.2) is 22.9 Å². The first-order chi connectivity index (χ1) is 24.1. The van der Waals surface area contributed by atoms with Crippen molar-refractivity contribution < 1.29 is 43.4 Å². The number of carbonyl (C=O) groups is 1. The zero-order chi connectivity index (χ0) is 36.6. The van der Waals surface area contributed by atoms with E-state index in [4.69, 9.17) is 4.98 Å². The first kappa shape index (κ1) is 36.3. The van der Waals surface area contributed by atoms with Gasteiger partial charge in [0, 0.05) is 57.2 Å². The van der Waals surface area contributed by atoms with Gasteiger partial charge in [-0.05, 0) is 78.7 Å². The molecule has 0 radical (unpaired) electrons. The van der Waals surface area contributed by atoms with Crippen LogP contribution in [0.3, 0.4) is 0 Å². The number of piperazine rings is 1. The Morgan fingerprint density at radius 1 is 0.941 bits per heavy atom. The molecule has 2 aliphatic rings. The minimum absolute atomic E-state index is 0.300. The lowest BCUT2D eigenvalue weighted by Crippen LogP contribution is -2.62. The molecule has 2 aromatic heterocycles. The second-order valence-corrected chi connectivity index (χ2v) is 14.9. The van der Waals surface area contributed by atoms with Gasteiger partial charge in [0.25, 0.3) is 0 Å². The Hall–Kier alpha value is -4.54. The van der Waals surface area contributed by atoms with Crippen LogP contribution in [0.1, 0.15) is 30.0 Å². The van der Waals surface area contributed by atoms with E-state index < -0.39 is 67.3 Å². The number of benzene rings is 2. The molecule has 9 nitrogen and oxygen atoms in total. The standard InChI is InChI=1S/C35H34F6N6O3S/c1-24-20-34(37,38)23-47(24,51(49,50)30-8-6-29(36)7-9-30)33(48)43-21-26-18-31(27-2-4-28(5-3-27)35(39,40)41)44-32(19-26)46-16-14-45(15-17-46)22-25-10-12-42-13-11-25/h2-13,18-19,24H,14-17,20-23H2,1H3/p+1/t24-,47?/m1/s1. The highest BCUT2D eigenvalue weighted by molar-refractivity contribution is 7.86. The fourth-order valence-electron chi connectivity index (χ4n) is 6.65. The highest BCUT2D eigenvalue weighted by Gasteiger charge is 2.66. The smallest absolute Gasteiger partial charge is 0.354 e. The van der Waals surface area contributed by atoms with E-state index in [1.165, 1.54) is 19.1 Å². The number of pyridine rings is 2. The molecule has 16 heteroatoms. The molecule has 4 aromatic rings. The molecule has 51 heavy (non-hydrogen) atoms. The molecule has 270 valence electrons. The maximum atomic E-state index is 14.9. The van der Waals surface area contributed by atoms with E-state index >= 15 is 0 Å². The molecule has 2 aromatic carbocycles. The average Bonchev–Trinajstić information content (AvgIpc) is 3.37. The molecule has 4 heterocycles. The number of aromatic nitrogens is 2. The van der Waals surface area contributed by atoms with Crippen molar-refractivity contribution in [2.45, 2.75) is 49.5 Å². The normalized spacial score (nSPS) is 21.1. The number of urea groups is 1. The maximum absolute atomic E-state index is 14.9. The van der Waals surface area contributed by atoms with Gasteiger partial charge in [-0.3, -0.25) is 9.88 Å². The van der Waals surface area contributed by atoms with Gasteiger partial charge >= 0.3 is 28.2 Å². The Bertz CT molecular complexity index is 1970. The van der Waals surface area contributed by atoms with Crippen LogP contribution in [0.5, 0.6) is 0 Å². The molecular weight excluding hydrogens is 698 g/mol. The highest BCUT2D eigenvalue weighted by atomic mass is 32.2. The number of nitrogens with one attached hydrogen (secondary N) is 1. The summed E-state index contributed by atoms with van der Waals surface area (Å²) in [5.41, 5.74) is 1.34. The monoisotopic (exact) mass is 733 g/mol. The first-order valence-corrected chi connectivity index (χ1v) is 17.6. The summed E-state index contributed by atoms with van der Waals surface area (Å²) in [6, 6.07) is 12.6. The number of likely N-dealkylation sites (tertiary alicyclic amines) is 1. The van der Waals surface area contributed by atoms with Crippen LogP contribution in [0.2, 0.25) is 0 Å². The van der Waals surface area contributed by atoms with Crippen molar-refractivity contribution in [3.63, 3.8) is 0 Å². The molecule has 0 bridgehead atoms. The van der Waals surface area contributed by atoms with Crippen molar-refractivity contribution >= 4 is 21.9 Å². The molecule has 2 amide bonds. The van der Waals surface area contributed by atoms with Gasteiger partial charge in [0.15, 0.2) is 6.54 Å². The lowest BCUT2D eigenvalue weighted by atomic mass is 10.1. The predicted octanol–water partition coefficient (Wildman–Crippen LogP) is 6.47. The molecule has 6 rings (SSSR count). The number of anilines is 1. The van der Waals surface area contributed by atoms with Gasteiger partial charge in [0.05, 0.1) is 17.7 Å². The van der Waals surface area contributed by atoms with E-state index in [1.54, 1.807) is 24.5 Å². The van der Waals surface area contributed by atoms with Gasteiger partial charge in [-0.1, -0.05) is 12.1 Å². The number of sulfonamides is 1. The van der Waals surface area contributed by atoms with Crippen molar-refractivity contribution in [3.8, 4) is 11.3 Å². The van der Waals surface area contributed by atoms with E-state index in [0.717, 1.165) is 42.0 Å². The van der Waals surface area contributed by atoms with Crippen molar-refractivity contribution in [2.75, 3.05) is 37.6 Å². The SMILES string of the molecule is C[C@@H]1CC(F)(F)C[N+]1(C(=O)NCc1cc(-c2ccc(C(F)(F)F)cc2)nc(N2CCN(Cc3ccncc3)CC2)c1)S(=O)(=O)c1ccc(F)cc1. The molecular formula is C35H35F6N6O3S+. The Kier molecular flexibility index (Phi) is 9.87. The summed E-state index contributed by atoms with van der Waals surface area (Å²) in [5, 5.41) is 2.55. The Morgan fingerprint density at radius 3 is 2.18 bits per heavy atom. The first-order valence-electron chi connectivity index (χ1n) is 16.2. The van der Waals surface area contributed by atoms with Crippen molar-refractivity contribution in [2.24, 2.45) is 0 Å². The lowest BCUT2D eigenvalue weighted by Gasteiger charge is -2.36. The zero-order valence-electron chi connectivity index (χ0n) is 27.5. The number of nitrogens with zero attached hydrogens (tertiary/aromatic N) is 5. The molecule has 2 fully saturated rings. The Labute approximate surface area is 291 Å². The molecule has 2 aliphatic heterocycles. The van der Waals surface area contributed by atoms with Gasteiger partial charge in [-0.15, -0.1) is 3.89 Å². The quantitative estimate of drug-likeness (QED) is 0.164. The minimum atomic E-state index is -4.80. The summed E-state index contributed by atoms with van der Waals surface area (Å²) in [5.74, 6) is -3.75. The maximum Gasteiger partial charge on any atom is 0.432 e. The van der Waals surface area contributed by atoms with E-state index in [2.05, 4.69) is 15.2 Å². The van der Waals surface area contributed by atoms with Crippen LogP contribution in [0, 0.1) is 5.82 Å². The van der Waals surface area contributed by atoms with Gasteiger partial charge in [0.1, 0.15) is 22.6 Å². The number of hydrogen-bond acceptors (Lipinski definition) is 7. The third kappa shape index (κ3) is 7.58. The topological polar surface area (TPSA) is 95.5 Å². The summed E-state index contributed by atoms with van der Waals surface area (Å²) in [4.78, 5) is 26.5. The Morgan fingerprint density at radius 2 is 1.59 bits per heavy atom. The summed E-state index contributed by atoms with van der Waals surface area (Å²) in [7, 11) is -4.80. The van der Waals surface area contributed by atoms with Crippen LogP contribution in [-0.4, -0.2) is 77.9 Å². The number of halogens is 6. The molecule has 1 unspecified atom stereocenters. The summed E-state index contributed by atoms with van der Waals surface area (Å²) in [6.07, 6.45) is -1.97. The van der Waals surface area contributed by atoms with E-state index in [0.29, 0.717) is 55.4 Å². The number of hydrogen-bond donors (Lipinski definition) is 1. The van der Waals surface area contributed by atoms with Gasteiger partial charge < -0.3 is 10.2 Å².